The summed E-state index contributed by atoms with van der Waals surface area (Å²) < 4.78 is 42.0. The number of ether oxygens (including phenoxy) is 4. The molecule has 6 atom stereocenters. The Morgan fingerprint density at radius 1 is 1.29 bits per heavy atom. The highest BCUT2D eigenvalue weighted by atomic mass is 32.2. The number of rotatable bonds is 14. The van der Waals surface area contributed by atoms with Gasteiger partial charge in [0.2, 0.25) is 5.88 Å². The highest BCUT2D eigenvalue weighted by Gasteiger charge is 2.54. The van der Waals surface area contributed by atoms with E-state index in [4.69, 9.17) is 23.5 Å². The summed E-state index contributed by atoms with van der Waals surface area (Å²) in [5.41, 5.74) is -1.28. The number of aryl methyl sites for hydroxylation is 1. The topological polar surface area (TPSA) is 205 Å². The van der Waals surface area contributed by atoms with Gasteiger partial charge in [0.1, 0.15) is 29.7 Å². The lowest BCUT2D eigenvalue weighted by Crippen LogP contribution is -2.45. The Morgan fingerprint density at radius 3 is 2.63 bits per heavy atom. The molecule has 16 nitrogen and oxygen atoms in total. The maximum Gasteiger partial charge on any atom is 0.415 e. The molecule has 3 rings (SSSR count). The van der Waals surface area contributed by atoms with Crippen LogP contribution in [-0.4, -0.2) is 105 Å². The van der Waals surface area contributed by atoms with Crippen LogP contribution in [-0.2, 0) is 28.1 Å². The molecule has 41 heavy (non-hydrogen) atoms. The standard InChI is InChI=1S/C23H37N6O10PS/c1-7-36-20(31)14(9-10-41-6)27-40(34,28-22(32)37-8-2)38-11-15-17(30)23(4,33)21(39-15)29-12-24-16-18(29)25-13(3)26-19(16)35-5/h12,14-15,17,21,30,33H,7-11H2,1-6H3,(H2,27,28,32,34)/t14-,15+,17?,21+,23-,40?/m0/s1. The Balaban J connectivity index is 1.85. The zero-order valence-electron chi connectivity index (χ0n) is 23.7. The van der Waals surface area contributed by atoms with Crippen LogP contribution in [0.5, 0.6) is 5.88 Å². The van der Waals surface area contributed by atoms with E-state index in [-0.39, 0.29) is 31.2 Å². The molecule has 2 aromatic rings. The van der Waals surface area contributed by atoms with E-state index in [0.29, 0.717) is 17.1 Å². The van der Waals surface area contributed by atoms with Crippen LogP contribution >= 0.6 is 19.4 Å². The van der Waals surface area contributed by atoms with E-state index in [9.17, 15) is 24.4 Å². The maximum absolute atomic E-state index is 13.8. The number of carbonyl (C=O) groups excluding carboxylic acids is 2. The number of methoxy groups -OCH3 is 1. The molecule has 4 N–H and O–H groups in total. The average Bonchev–Trinajstić information content (AvgIpc) is 3.42. The summed E-state index contributed by atoms with van der Waals surface area (Å²) in [6, 6.07) is -1.09. The van der Waals surface area contributed by atoms with Crippen LogP contribution in [0.4, 0.5) is 4.79 Å². The molecule has 0 aliphatic carbocycles. The molecule has 1 aliphatic rings. The lowest BCUT2D eigenvalue weighted by Gasteiger charge is -2.27. The van der Waals surface area contributed by atoms with Crippen molar-refractivity contribution in [1.29, 1.82) is 0 Å². The smallest absolute Gasteiger partial charge is 0.415 e. The Morgan fingerprint density at radius 2 is 2.00 bits per heavy atom. The molecule has 1 saturated heterocycles. The van der Waals surface area contributed by atoms with E-state index in [0.717, 1.165) is 0 Å². The molecule has 230 valence electrons. The summed E-state index contributed by atoms with van der Waals surface area (Å²) in [6.07, 6.45) is -1.61. The number of amides is 1. The molecule has 2 aromatic heterocycles. The van der Waals surface area contributed by atoms with Crippen molar-refractivity contribution in [3.8, 4) is 5.88 Å². The Kier molecular flexibility index (Phi) is 11.3. The lowest BCUT2D eigenvalue weighted by molar-refractivity contribution is -0.145. The number of aromatic nitrogens is 4. The van der Waals surface area contributed by atoms with Crippen molar-refractivity contribution >= 4 is 42.7 Å². The van der Waals surface area contributed by atoms with E-state index in [1.54, 1.807) is 20.8 Å². The van der Waals surface area contributed by atoms with Gasteiger partial charge in [0.15, 0.2) is 17.4 Å². The number of fused-ring (bicyclic) bond motifs is 1. The van der Waals surface area contributed by atoms with Gasteiger partial charge in [-0.1, -0.05) is 0 Å². The van der Waals surface area contributed by atoms with Crippen LogP contribution < -0.4 is 14.9 Å². The first-order valence-electron chi connectivity index (χ1n) is 12.8. The van der Waals surface area contributed by atoms with Gasteiger partial charge in [0.05, 0.1) is 33.3 Å². The molecule has 18 heteroatoms. The number of carbonyl (C=O) groups is 2. The number of nitrogens with one attached hydrogen (secondary N) is 2. The Hall–Kier alpha value is -2.53. The van der Waals surface area contributed by atoms with Crippen LogP contribution in [0.1, 0.15) is 39.2 Å². The van der Waals surface area contributed by atoms with E-state index in [2.05, 4.69) is 25.1 Å². The van der Waals surface area contributed by atoms with Gasteiger partial charge in [-0.15, -0.1) is 0 Å². The highest BCUT2D eigenvalue weighted by molar-refractivity contribution is 7.98. The largest absolute Gasteiger partial charge is 0.479 e. The van der Waals surface area contributed by atoms with Crippen molar-refractivity contribution in [3.05, 3.63) is 12.2 Å². The molecule has 0 saturated carbocycles. The first-order valence-corrected chi connectivity index (χ1v) is 15.9. The summed E-state index contributed by atoms with van der Waals surface area (Å²) in [5, 5.41) is 26.9. The highest BCUT2D eigenvalue weighted by Crippen LogP contribution is 2.44. The number of imidazole rings is 1. The first kappa shape index (κ1) is 33.0. The summed E-state index contributed by atoms with van der Waals surface area (Å²) >= 11 is 1.45. The van der Waals surface area contributed by atoms with E-state index < -0.39 is 56.4 Å². The van der Waals surface area contributed by atoms with Gasteiger partial charge in [-0.05, 0) is 46.1 Å². The third-order valence-electron chi connectivity index (χ3n) is 6.14. The molecular weight excluding hydrogens is 583 g/mol. The zero-order valence-corrected chi connectivity index (χ0v) is 25.4. The Labute approximate surface area is 241 Å². The minimum atomic E-state index is -4.35. The first-order chi connectivity index (χ1) is 19.4. The van der Waals surface area contributed by atoms with E-state index >= 15 is 0 Å². The predicted octanol–water partition coefficient (Wildman–Crippen LogP) is 1.30. The van der Waals surface area contributed by atoms with Crippen molar-refractivity contribution in [2.24, 2.45) is 0 Å². The number of aliphatic hydroxyl groups is 2. The fourth-order valence-corrected chi connectivity index (χ4v) is 6.15. The normalized spacial score (nSPS) is 24.5. The molecule has 0 spiro atoms. The predicted molar refractivity (Wildman–Crippen MR) is 147 cm³/mol. The van der Waals surface area contributed by atoms with Crippen LogP contribution in [0, 0.1) is 6.92 Å². The third-order valence-corrected chi connectivity index (χ3v) is 8.43. The van der Waals surface area contributed by atoms with Gasteiger partial charge < -0.3 is 29.2 Å². The van der Waals surface area contributed by atoms with Crippen molar-refractivity contribution in [3.63, 3.8) is 0 Å². The number of thioether (sulfide) groups is 1. The fraction of sp³-hybridized carbons (Fsp3) is 0.696. The molecule has 1 fully saturated rings. The third kappa shape index (κ3) is 7.66. The maximum atomic E-state index is 13.8. The number of esters is 1. The van der Waals surface area contributed by atoms with Crippen molar-refractivity contribution in [1.82, 2.24) is 29.7 Å². The molecule has 0 aromatic carbocycles. The summed E-state index contributed by atoms with van der Waals surface area (Å²) in [6.45, 7) is 5.71. The lowest BCUT2D eigenvalue weighted by atomic mass is 9.96. The number of hydrogen-bond donors (Lipinski definition) is 4. The second-order valence-corrected chi connectivity index (χ2v) is 12.0. The summed E-state index contributed by atoms with van der Waals surface area (Å²) in [7, 11) is -2.92. The molecule has 3 heterocycles. The monoisotopic (exact) mass is 620 g/mol. The fourth-order valence-electron chi connectivity index (χ4n) is 4.17. The summed E-state index contributed by atoms with van der Waals surface area (Å²) in [5.74, 6) is 0.427. The molecule has 0 radical (unpaired) electrons. The van der Waals surface area contributed by atoms with Crippen molar-refractivity contribution < 1.29 is 47.8 Å². The molecule has 0 bridgehead atoms. The number of hydrogen-bond acceptors (Lipinski definition) is 14. The van der Waals surface area contributed by atoms with Gasteiger partial charge in [-0.2, -0.15) is 16.7 Å². The molecule has 1 aliphatic heterocycles. The second-order valence-electron chi connectivity index (χ2n) is 9.20. The van der Waals surface area contributed by atoms with E-state index in [1.165, 1.54) is 36.7 Å². The van der Waals surface area contributed by atoms with Gasteiger partial charge in [0.25, 0.3) is 0 Å². The van der Waals surface area contributed by atoms with Crippen LogP contribution in [0.2, 0.25) is 0 Å². The molecule has 1 amide bonds. The van der Waals surface area contributed by atoms with Crippen molar-refractivity contribution in [2.45, 2.75) is 64.2 Å². The van der Waals surface area contributed by atoms with Crippen LogP contribution in [0.25, 0.3) is 11.2 Å². The van der Waals surface area contributed by atoms with E-state index in [1.807, 2.05) is 6.26 Å². The number of aliphatic hydroxyl groups excluding tert-OH is 1. The van der Waals surface area contributed by atoms with Crippen LogP contribution in [0.15, 0.2) is 6.33 Å². The Bertz CT molecular complexity index is 1260. The van der Waals surface area contributed by atoms with Gasteiger partial charge >= 0.3 is 19.7 Å². The van der Waals surface area contributed by atoms with Gasteiger partial charge in [-0.3, -0.25) is 13.9 Å². The van der Waals surface area contributed by atoms with Gasteiger partial charge in [-0.25, -0.2) is 29.5 Å². The quantitative estimate of drug-likeness (QED) is 0.173. The van der Waals surface area contributed by atoms with Crippen LogP contribution in [0.3, 0.4) is 0 Å². The zero-order chi connectivity index (χ0) is 30.4. The van der Waals surface area contributed by atoms with Crippen molar-refractivity contribution in [2.75, 3.05) is 38.9 Å². The molecule has 2 unspecified atom stereocenters. The van der Waals surface area contributed by atoms with Gasteiger partial charge in [0, 0.05) is 0 Å². The average molecular weight is 621 g/mol. The number of nitrogens with zero attached hydrogens (tertiary/aromatic N) is 4. The minimum absolute atomic E-state index is 0.0126. The molecular formula is C23H37N6O10PS. The minimum Gasteiger partial charge on any atom is -0.479 e. The SMILES string of the molecule is CCOC(=O)NP(=O)(N[C@@H](CCSC)C(=O)OCC)OC[C@H]1O[C@@H](n2cnc3c(OC)nc(C)nc32)[C@@](C)(O)C1O. The summed E-state index contributed by atoms with van der Waals surface area (Å²) in [4.78, 5) is 37.6. The second kappa shape index (κ2) is 14.1.